The molecule has 0 spiro atoms. The number of amides is 2. The maximum absolute atomic E-state index is 13.7. The molecule has 3 aromatic carbocycles. The van der Waals surface area contributed by atoms with Crippen molar-refractivity contribution in [2.75, 3.05) is 13.2 Å². The molecule has 4 aliphatic rings. The minimum atomic E-state index is -1.02. The van der Waals surface area contributed by atoms with Gasteiger partial charge in [-0.2, -0.15) is 0 Å². The molecule has 5 heterocycles. The second-order valence-corrected chi connectivity index (χ2v) is 11.5. The maximum Gasteiger partial charge on any atom is 0.268 e. The number of carbonyl (C=O) groups is 4. The van der Waals surface area contributed by atoms with E-state index >= 15 is 0 Å². The van der Waals surface area contributed by atoms with E-state index in [1.54, 1.807) is 6.07 Å². The molecular formula is C37H39N3O6. The van der Waals surface area contributed by atoms with Gasteiger partial charge in [0.2, 0.25) is 5.91 Å². The van der Waals surface area contributed by atoms with Gasteiger partial charge < -0.3 is 29.9 Å². The number of Topliss-reactive ketones (excluding diaryl/α,β-unsaturated/α-hetero) is 1. The van der Waals surface area contributed by atoms with E-state index in [1.165, 1.54) is 6.07 Å². The number of carbonyl (C=O) groups excluding carboxylic acids is 4. The van der Waals surface area contributed by atoms with Crippen LogP contribution in [-0.4, -0.2) is 54.2 Å². The van der Waals surface area contributed by atoms with Gasteiger partial charge in [0.25, 0.3) is 5.91 Å². The number of aryl methyl sites for hydroxylation is 1. The topological polar surface area (TPSA) is 127 Å². The number of rotatable bonds is 5. The molecule has 3 atom stereocenters. The Balaban J connectivity index is 1.37. The third kappa shape index (κ3) is 8.72. The van der Waals surface area contributed by atoms with Gasteiger partial charge in [-0.25, -0.2) is 0 Å². The van der Waals surface area contributed by atoms with E-state index in [-0.39, 0.29) is 17.9 Å². The largest absolute Gasteiger partial charge is 0.494 e. The van der Waals surface area contributed by atoms with Crippen molar-refractivity contribution >= 4 is 23.9 Å². The minimum Gasteiger partial charge on any atom is -0.494 e. The van der Waals surface area contributed by atoms with Crippen LogP contribution in [-0.2, 0) is 22.4 Å². The van der Waals surface area contributed by atoms with Crippen molar-refractivity contribution in [1.82, 2.24) is 15.6 Å². The summed E-state index contributed by atoms with van der Waals surface area (Å²) < 4.78 is 11.8. The lowest BCUT2D eigenvalue weighted by molar-refractivity contribution is -0.126. The van der Waals surface area contributed by atoms with Gasteiger partial charge >= 0.3 is 0 Å². The minimum absolute atomic E-state index is 0.131. The molecule has 2 amide bonds. The molecule has 3 N–H and O–H groups in total. The summed E-state index contributed by atoms with van der Waals surface area (Å²) in [6.45, 7) is 2.94. The molecule has 0 saturated heterocycles. The first-order valence-corrected chi connectivity index (χ1v) is 15.7. The van der Waals surface area contributed by atoms with Crippen molar-refractivity contribution in [2.24, 2.45) is 0 Å². The first-order valence-electron chi connectivity index (χ1n) is 15.7. The van der Waals surface area contributed by atoms with Crippen LogP contribution in [0.5, 0.6) is 11.5 Å². The Kier molecular flexibility index (Phi) is 11.0. The van der Waals surface area contributed by atoms with Crippen molar-refractivity contribution in [2.45, 2.75) is 57.0 Å². The highest BCUT2D eigenvalue weighted by atomic mass is 16.5. The highest BCUT2D eigenvalue weighted by molar-refractivity contribution is 6.00. The lowest BCUT2D eigenvalue weighted by Crippen LogP contribution is -2.52. The summed E-state index contributed by atoms with van der Waals surface area (Å²) in [4.78, 5) is 55.0. The Morgan fingerprint density at radius 1 is 0.848 bits per heavy atom. The van der Waals surface area contributed by atoms with E-state index < -0.39 is 29.8 Å². The molecule has 4 aromatic rings. The standard InChI is InChI=1S/C37H39N3O6/c1-25-28-12-16-31(17-13-28)46-22-6-5-21-45-30-14-9-26(10-15-30)11-20-34(42)32-18-19-33(39-32)36(43)40-35(25)37(44)38-29(24-41)23-27-7-3-2-4-8-27/h2-4,7-10,12-19,24-25,29,35,39H,5-6,11,20-23H2,1H3,(H,38,44)(H,40,43). The molecular weight excluding hydrogens is 582 g/mol. The third-order valence-corrected chi connectivity index (χ3v) is 8.14. The molecule has 0 radical (unpaired) electrons. The number of aldehydes is 1. The van der Waals surface area contributed by atoms with Crippen LogP contribution in [0.15, 0.2) is 91.0 Å². The molecule has 46 heavy (non-hydrogen) atoms. The van der Waals surface area contributed by atoms with Gasteiger partial charge in [0.05, 0.1) is 24.9 Å². The number of ether oxygens (including phenoxy) is 2. The van der Waals surface area contributed by atoms with E-state index in [2.05, 4.69) is 15.6 Å². The molecule has 9 heteroatoms. The van der Waals surface area contributed by atoms with E-state index in [0.717, 1.165) is 35.3 Å². The zero-order valence-electron chi connectivity index (χ0n) is 25.9. The van der Waals surface area contributed by atoms with Gasteiger partial charge in [0.1, 0.15) is 29.5 Å². The summed E-state index contributed by atoms with van der Waals surface area (Å²) in [7, 11) is 0. The zero-order chi connectivity index (χ0) is 32.3. The number of aromatic amines is 1. The SMILES string of the molecule is CC1c2ccc(cc2)OCCCCOc2ccc(cc2)CCC(=O)c2ccc([nH]2)C(=O)NC1C(=O)NC(C=O)Cc1ccccc1. The number of H-pyrrole nitrogens is 1. The first kappa shape index (κ1) is 32.2. The van der Waals surface area contributed by atoms with Gasteiger partial charge in [0, 0.05) is 12.3 Å². The Hall–Kier alpha value is -5.18. The predicted octanol–water partition coefficient (Wildman–Crippen LogP) is 5.21. The van der Waals surface area contributed by atoms with Crippen molar-refractivity contribution in [3.63, 3.8) is 0 Å². The summed E-state index contributed by atoms with van der Waals surface area (Å²) >= 11 is 0. The van der Waals surface area contributed by atoms with Crippen LogP contribution in [0.3, 0.4) is 0 Å². The average Bonchev–Trinajstić information content (AvgIpc) is 3.59. The van der Waals surface area contributed by atoms with Crippen molar-refractivity contribution in [1.29, 1.82) is 0 Å². The molecule has 0 saturated carbocycles. The lowest BCUT2D eigenvalue weighted by atomic mass is 9.92. The van der Waals surface area contributed by atoms with Gasteiger partial charge in [-0.1, -0.05) is 61.5 Å². The quantitative estimate of drug-likeness (QED) is 0.263. The van der Waals surface area contributed by atoms with Crippen LogP contribution < -0.4 is 20.1 Å². The van der Waals surface area contributed by atoms with Crippen LogP contribution in [0, 0.1) is 0 Å². The van der Waals surface area contributed by atoms with E-state index in [0.29, 0.717) is 43.8 Å². The van der Waals surface area contributed by atoms with Crippen molar-refractivity contribution in [3.05, 3.63) is 119 Å². The predicted molar refractivity (Wildman–Crippen MR) is 174 cm³/mol. The lowest BCUT2D eigenvalue weighted by Gasteiger charge is -2.26. The number of benzene rings is 3. The summed E-state index contributed by atoms with van der Waals surface area (Å²) in [5.41, 5.74) is 3.17. The molecule has 8 rings (SSSR count). The number of hydrogen-bond acceptors (Lipinski definition) is 6. The monoisotopic (exact) mass is 621 g/mol. The molecule has 0 fully saturated rings. The highest BCUT2D eigenvalue weighted by Crippen LogP contribution is 2.24. The Labute approximate surface area is 268 Å². The summed E-state index contributed by atoms with van der Waals surface area (Å²) in [5, 5.41) is 5.66. The van der Waals surface area contributed by atoms with Gasteiger partial charge in [0.15, 0.2) is 5.78 Å². The van der Waals surface area contributed by atoms with Gasteiger partial charge in [-0.05, 0) is 78.8 Å². The average molecular weight is 622 g/mol. The van der Waals surface area contributed by atoms with E-state index in [1.807, 2.05) is 85.8 Å². The number of hydrogen-bond donors (Lipinski definition) is 3. The van der Waals surface area contributed by atoms with E-state index in [9.17, 15) is 19.2 Å². The summed E-state index contributed by atoms with van der Waals surface area (Å²) in [6.07, 6.45) is 3.45. The fraction of sp³-hybridized carbons (Fsp3) is 0.297. The van der Waals surface area contributed by atoms with Crippen LogP contribution in [0.25, 0.3) is 0 Å². The molecule has 9 nitrogen and oxygen atoms in total. The smallest absolute Gasteiger partial charge is 0.268 e. The van der Waals surface area contributed by atoms with Crippen LogP contribution in [0.4, 0.5) is 0 Å². The second kappa shape index (κ2) is 15.7. The van der Waals surface area contributed by atoms with Crippen molar-refractivity contribution < 1.29 is 28.7 Å². The number of aromatic nitrogens is 1. The van der Waals surface area contributed by atoms with Gasteiger partial charge in [-0.15, -0.1) is 0 Å². The molecule has 6 bridgehead atoms. The molecule has 1 aromatic heterocycles. The van der Waals surface area contributed by atoms with Gasteiger partial charge in [-0.3, -0.25) is 14.4 Å². The summed E-state index contributed by atoms with van der Waals surface area (Å²) in [5.74, 6) is -0.159. The second-order valence-electron chi connectivity index (χ2n) is 11.5. The number of ketones is 1. The first-order chi connectivity index (χ1) is 22.4. The molecule has 4 aliphatic heterocycles. The molecule has 238 valence electrons. The summed E-state index contributed by atoms with van der Waals surface area (Å²) in [6, 6.07) is 25.8. The van der Waals surface area contributed by atoms with Crippen molar-refractivity contribution in [3.8, 4) is 11.5 Å². The molecule has 3 unspecified atom stereocenters. The van der Waals surface area contributed by atoms with E-state index in [4.69, 9.17) is 9.47 Å². The van der Waals surface area contributed by atoms with Crippen LogP contribution in [0.1, 0.15) is 69.8 Å². The Morgan fingerprint density at radius 3 is 2.13 bits per heavy atom. The highest BCUT2D eigenvalue weighted by Gasteiger charge is 2.30. The molecule has 0 aliphatic carbocycles. The van der Waals surface area contributed by atoms with Crippen LogP contribution >= 0.6 is 0 Å². The number of nitrogens with one attached hydrogen (secondary N) is 3. The normalized spacial score (nSPS) is 18.4. The van der Waals surface area contributed by atoms with Crippen LogP contribution in [0.2, 0.25) is 0 Å². The third-order valence-electron chi connectivity index (χ3n) is 8.14. The Morgan fingerprint density at radius 2 is 1.48 bits per heavy atom. The zero-order valence-corrected chi connectivity index (χ0v) is 25.9. The Bertz CT molecular complexity index is 1620. The maximum atomic E-state index is 13.7. The fourth-order valence-electron chi connectivity index (χ4n) is 5.39. The fourth-order valence-corrected chi connectivity index (χ4v) is 5.39.